The van der Waals surface area contributed by atoms with Crippen molar-refractivity contribution in [3.05, 3.63) is 121 Å². The molecule has 0 atom stereocenters. The number of nitrogens with zero attached hydrogens (tertiary/aromatic N) is 4. The van der Waals surface area contributed by atoms with Gasteiger partial charge in [-0.3, -0.25) is 19.7 Å². The van der Waals surface area contributed by atoms with Gasteiger partial charge >= 0.3 is 5.69 Å². The lowest BCUT2D eigenvalue weighted by molar-refractivity contribution is -0.385. The third kappa shape index (κ3) is 6.97. The first-order chi connectivity index (χ1) is 22.5. The van der Waals surface area contributed by atoms with Gasteiger partial charge in [-0.25, -0.2) is 9.37 Å². The lowest BCUT2D eigenvalue weighted by Gasteiger charge is -2.17. The molecule has 11 nitrogen and oxygen atoms in total. The molecule has 1 amide bonds. The van der Waals surface area contributed by atoms with E-state index in [0.717, 1.165) is 21.9 Å². The van der Waals surface area contributed by atoms with Crippen LogP contribution in [-0.4, -0.2) is 40.4 Å². The number of aryl methyl sites for hydroxylation is 1. The number of nitro groups is 1. The van der Waals surface area contributed by atoms with Gasteiger partial charge in [-0.2, -0.15) is 9.78 Å². The Hall–Kier alpha value is -5.62. The van der Waals surface area contributed by atoms with Crippen molar-refractivity contribution in [3.8, 4) is 22.9 Å². The second kappa shape index (κ2) is 13.8. The van der Waals surface area contributed by atoms with Crippen molar-refractivity contribution in [2.24, 2.45) is 5.10 Å². The summed E-state index contributed by atoms with van der Waals surface area (Å²) in [7, 11) is 1.59. The van der Waals surface area contributed by atoms with Crippen LogP contribution in [0.2, 0.25) is 5.02 Å². The highest BCUT2D eigenvalue weighted by Crippen LogP contribution is 2.37. The highest BCUT2D eigenvalue weighted by molar-refractivity contribution is 6.32. The monoisotopic (exact) mass is 657 g/mol. The van der Waals surface area contributed by atoms with E-state index in [9.17, 15) is 24.1 Å². The smallest absolute Gasteiger partial charge is 0.313 e. The zero-order chi connectivity index (χ0) is 33.8. The zero-order valence-corrected chi connectivity index (χ0v) is 26.5. The summed E-state index contributed by atoms with van der Waals surface area (Å²) >= 11 is 6.39. The summed E-state index contributed by atoms with van der Waals surface area (Å²) in [5.74, 6) is -0.710. The minimum Gasteiger partial charge on any atom is -0.496 e. The molecule has 0 saturated heterocycles. The molecule has 0 aliphatic carbocycles. The van der Waals surface area contributed by atoms with E-state index in [1.54, 1.807) is 31.4 Å². The molecule has 0 unspecified atom stereocenters. The van der Waals surface area contributed by atoms with Gasteiger partial charge in [0.15, 0.2) is 12.4 Å². The average Bonchev–Trinajstić information content (AvgIpc) is 3.04. The summed E-state index contributed by atoms with van der Waals surface area (Å²) in [6.45, 7) is 5.24. The lowest BCUT2D eigenvalue weighted by Crippen LogP contribution is -2.21. The van der Waals surface area contributed by atoms with Crippen molar-refractivity contribution in [1.82, 2.24) is 9.66 Å². The third-order valence-corrected chi connectivity index (χ3v) is 7.54. The fourth-order valence-electron chi connectivity index (χ4n) is 4.94. The van der Waals surface area contributed by atoms with Gasteiger partial charge in [-0.15, -0.1) is 0 Å². The fourth-order valence-corrected chi connectivity index (χ4v) is 5.21. The summed E-state index contributed by atoms with van der Waals surface area (Å²) in [5.41, 5.74) is 1.92. The predicted octanol–water partition coefficient (Wildman–Crippen LogP) is 7.10. The largest absolute Gasteiger partial charge is 0.496 e. The number of aromatic nitrogens is 2. The van der Waals surface area contributed by atoms with Crippen molar-refractivity contribution in [1.29, 1.82) is 0 Å². The number of nitro benzene ring substituents is 1. The molecule has 13 heteroatoms. The van der Waals surface area contributed by atoms with E-state index in [4.69, 9.17) is 26.1 Å². The molecule has 0 saturated carbocycles. The van der Waals surface area contributed by atoms with Crippen molar-refractivity contribution in [2.45, 2.75) is 26.7 Å². The third-order valence-electron chi connectivity index (χ3n) is 7.25. The van der Waals surface area contributed by atoms with E-state index in [0.29, 0.717) is 22.2 Å². The number of rotatable bonds is 10. The normalized spacial score (nSPS) is 11.3. The highest BCUT2D eigenvalue weighted by Gasteiger charge is 2.23. The number of fused-ring (bicyclic) bond motifs is 1. The van der Waals surface area contributed by atoms with Crippen LogP contribution in [-0.2, 0) is 4.79 Å². The van der Waals surface area contributed by atoms with Gasteiger partial charge in [0.25, 0.3) is 11.5 Å². The fraction of sp³-hybridized carbons (Fsp3) is 0.176. The maximum absolute atomic E-state index is 13.9. The number of nitrogens with one attached hydrogen (secondary N) is 1. The van der Waals surface area contributed by atoms with Gasteiger partial charge < -0.3 is 14.8 Å². The number of para-hydroxylation sites is 2. The second-order valence-electron chi connectivity index (χ2n) is 10.8. The Kier molecular flexibility index (Phi) is 9.62. The van der Waals surface area contributed by atoms with Crippen LogP contribution in [0.25, 0.3) is 22.3 Å². The second-order valence-corrected chi connectivity index (χ2v) is 11.2. The first-order valence-corrected chi connectivity index (χ1v) is 14.8. The zero-order valence-electron chi connectivity index (χ0n) is 25.8. The Morgan fingerprint density at radius 3 is 2.57 bits per heavy atom. The SMILES string of the molecule is COc1cc(C)c(-c2nc3ccccc3c(=O)n2N=Cc2cc(Cl)c(OCC(=O)Nc3ccccc3F)c([N+](=O)[O-])c2)cc1C(C)C. The maximum Gasteiger partial charge on any atom is 0.313 e. The van der Waals surface area contributed by atoms with E-state index in [-0.39, 0.29) is 33.8 Å². The predicted molar refractivity (Wildman–Crippen MR) is 178 cm³/mol. The summed E-state index contributed by atoms with van der Waals surface area (Å²) in [5, 5.41) is 18.9. The van der Waals surface area contributed by atoms with E-state index in [1.165, 1.54) is 36.5 Å². The minimum absolute atomic E-state index is 0.0729. The van der Waals surface area contributed by atoms with Crippen molar-refractivity contribution in [2.75, 3.05) is 19.0 Å². The van der Waals surface area contributed by atoms with Gasteiger partial charge in [0.1, 0.15) is 11.6 Å². The van der Waals surface area contributed by atoms with Gasteiger partial charge in [-0.1, -0.05) is 49.7 Å². The molecule has 1 heterocycles. The number of methoxy groups -OCH3 is 1. The number of hydrogen-bond donors (Lipinski definition) is 1. The number of anilines is 1. The molecule has 0 aliphatic rings. The molecule has 0 fully saturated rings. The molecule has 0 radical (unpaired) electrons. The van der Waals surface area contributed by atoms with Crippen LogP contribution in [0.5, 0.6) is 11.5 Å². The number of benzene rings is 4. The molecule has 0 spiro atoms. The molecule has 5 aromatic rings. The molecule has 5 rings (SSSR count). The highest BCUT2D eigenvalue weighted by atomic mass is 35.5. The van der Waals surface area contributed by atoms with Crippen LogP contribution < -0.4 is 20.3 Å². The summed E-state index contributed by atoms with van der Waals surface area (Å²) in [6, 6.07) is 18.7. The summed E-state index contributed by atoms with van der Waals surface area (Å²) in [6.07, 6.45) is 1.25. The van der Waals surface area contributed by atoms with Crippen molar-refractivity contribution in [3.63, 3.8) is 0 Å². The van der Waals surface area contributed by atoms with Crippen LogP contribution >= 0.6 is 11.6 Å². The standard InChI is InChI=1S/C34H29ClFN5O6/c1-19(2)23-16-24(20(3)13-30(23)46-4)33-39-27-11-7-5-9-22(27)34(43)40(33)37-17-21-14-25(35)32(29(15-21)41(44)45)47-18-31(42)38-28-12-8-6-10-26(28)36/h5-17,19H,18H2,1-4H3,(H,38,42). The molecule has 47 heavy (non-hydrogen) atoms. The van der Waals surface area contributed by atoms with Gasteiger partial charge in [0, 0.05) is 17.2 Å². The number of ether oxygens (including phenoxy) is 2. The van der Waals surface area contributed by atoms with Crippen LogP contribution in [0, 0.1) is 22.9 Å². The van der Waals surface area contributed by atoms with Gasteiger partial charge in [0.2, 0.25) is 5.75 Å². The van der Waals surface area contributed by atoms with Crippen LogP contribution in [0.1, 0.15) is 36.5 Å². The Bertz CT molecular complexity index is 2110. The molecular formula is C34H29ClFN5O6. The average molecular weight is 658 g/mol. The number of carbonyl (C=O) groups is 1. The molecule has 240 valence electrons. The van der Waals surface area contributed by atoms with Crippen LogP contribution in [0.3, 0.4) is 0 Å². The molecule has 0 aliphatic heterocycles. The maximum atomic E-state index is 13.9. The summed E-state index contributed by atoms with van der Waals surface area (Å²) < 4.78 is 26.0. The van der Waals surface area contributed by atoms with Crippen molar-refractivity contribution < 1.29 is 23.6 Å². The van der Waals surface area contributed by atoms with Crippen LogP contribution in [0.4, 0.5) is 15.8 Å². The Labute approximate surface area is 273 Å². The number of amides is 1. The Balaban J connectivity index is 1.54. The first kappa shape index (κ1) is 32.8. The van der Waals surface area contributed by atoms with Crippen LogP contribution in [0.15, 0.2) is 82.7 Å². The first-order valence-electron chi connectivity index (χ1n) is 14.4. The Morgan fingerprint density at radius 1 is 1.15 bits per heavy atom. The molecular weight excluding hydrogens is 629 g/mol. The molecule has 1 aromatic heterocycles. The quantitative estimate of drug-likeness (QED) is 0.0960. The lowest BCUT2D eigenvalue weighted by atomic mass is 9.96. The number of hydrogen-bond acceptors (Lipinski definition) is 8. The minimum atomic E-state index is -0.753. The number of carbonyl (C=O) groups excluding carboxylic acids is 1. The summed E-state index contributed by atoms with van der Waals surface area (Å²) in [4.78, 5) is 42.2. The number of halogens is 2. The van der Waals surface area contributed by atoms with Gasteiger partial charge in [-0.05, 0) is 66.4 Å². The van der Waals surface area contributed by atoms with E-state index in [2.05, 4.69) is 10.4 Å². The van der Waals surface area contributed by atoms with Gasteiger partial charge in [0.05, 0.1) is 39.9 Å². The van der Waals surface area contributed by atoms with E-state index < -0.39 is 34.5 Å². The molecule has 4 aromatic carbocycles. The molecule has 1 N–H and O–H groups in total. The van der Waals surface area contributed by atoms with E-state index in [1.807, 2.05) is 32.9 Å². The van der Waals surface area contributed by atoms with E-state index >= 15 is 0 Å². The van der Waals surface area contributed by atoms with Crippen molar-refractivity contribution >= 4 is 46.0 Å². The topological polar surface area (TPSA) is 138 Å². The Morgan fingerprint density at radius 2 is 1.87 bits per heavy atom. The molecule has 0 bridgehead atoms.